The summed E-state index contributed by atoms with van der Waals surface area (Å²) < 4.78 is 26.7. The lowest BCUT2D eigenvalue weighted by Gasteiger charge is -2.36. The molecule has 1 aromatic carbocycles. The number of rotatable bonds is 5. The van der Waals surface area contributed by atoms with Gasteiger partial charge in [-0.15, -0.1) is 0 Å². The molecule has 3 rings (SSSR count). The number of benzene rings is 1. The van der Waals surface area contributed by atoms with Gasteiger partial charge in [-0.3, -0.25) is 0 Å². The number of hydrogen-bond acceptors (Lipinski definition) is 1. The molecule has 0 aliphatic heterocycles. The Hall–Kier alpha value is -2.21. The zero-order valence-corrected chi connectivity index (χ0v) is 16.4. The van der Waals surface area contributed by atoms with E-state index in [9.17, 15) is 8.78 Å². The van der Waals surface area contributed by atoms with Crippen LogP contribution in [0.5, 0.6) is 0 Å². The molecule has 2 saturated carbocycles. The molecule has 0 aromatic heterocycles. The summed E-state index contributed by atoms with van der Waals surface area (Å²) in [5.41, 5.74) is 2.34. The van der Waals surface area contributed by atoms with Crippen LogP contribution in [0, 0.1) is 40.7 Å². The molecule has 3 heteroatoms. The largest absolute Gasteiger partial charge is 0.204 e. The number of allylic oxidation sites excluding steroid dienone is 5. The van der Waals surface area contributed by atoms with Crippen LogP contribution in [-0.4, -0.2) is 0 Å². The molecule has 0 atom stereocenters. The van der Waals surface area contributed by atoms with Crippen LogP contribution < -0.4 is 0 Å². The third-order valence-electron chi connectivity index (χ3n) is 6.63. The molecule has 2 aliphatic rings. The molecular weight excluding hydrogens is 352 g/mol. The minimum atomic E-state index is -0.766. The first-order valence-corrected chi connectivity index (χ1v) is 10.4. The van der Waals surface area contributed by atoms with Crippen molar-refractivity contribution in [2.45, 2.75) is 57.3 Å². The first-order chi connectivity index (χ1) is 13.6. The number of nitriles is 1. The van der Waals surface area contributed by atoms with Gasteiger partial charge in [0.2, 0.25) is 0 Å². The van der Waals surface area contributed by atoms with Crippen molar-refractivity contribution in [1.29, 1.82) is 5.26 Å². The normalized spacial score (nSPS) is 28.5. The van der Waals surface area contributed by atoms with Crippen LogP contribution in [0.2, 0.25) is 0 Å². The van der Waals surface area contributed by atoms with Gasteiger partial charge in [0.25, 0.3) is 0 Å². The van der Waals surface area contributed by atoms with E-state index >= 15 is 0 Å². The van der Waals surface area contributed by atoms with Crippen molar-refractivity contribution in [3.8, 4) is 6.07 Å². The molecule has 148 valence electrons. The number of halogens is 2. The molecule has 0 spiro atoms. The molecular formula is C25H29F2N. The maximum absolute atomic E-state index is 13.5. The van der Waals surface area contributed by atoms with Crippen LogP contribution in [0.1, 0.15) is 62.8 Å². The second kappa shape index (κ2) is 9.82. The lowest BCUT2D eigenvalue weighted by Crippen LogP contribution is -2.22. The topological polar surface area (TPSA) is 23.8 Å². The summed E-state index contributed by atoms with van der Waals surface area (Å²) in [6.07, 6.45) is 16.5. The van der Waals surface area contributed by atoms with Crippen molar-refractivity contribution in [3.05, 3.63) is 71.9 Å². The first kappa shape index (κ1) is 20.5. The summed E-state index contributed by atoms with van der Waals surface area (Å²) in [6, 6.07) is 6.36. The Morgan fingerprint density at radius 3 is 2.18 bits per heavy atom. The highest BCUT2D eigenvalue weighted by molar-refractivity contribution is 5.23. The average Bonchev–Trinajstić information content (AvgIpc) is 2.73. The lowest BCUT2D eigenvalue weighted by atomic mass is 9.70. The van der Waals surface area contributed by atoms with Crippen molar-refractivity contribution < 1.29 is 8.78 Å². The van der Waals surface area contributed by atoms with Crippen LogP contribution in [0.25, 0.3) is 0 Å². The van der Waals surface area contributed by atoms with E-state index in [0.717, 1.165) is 31.2 Å². The van der Waals surface area contributed by atoms with Gasteiger partial charge in [-0.25, -0.2) is 8.78 Å². The third kappa shape index (κ3) is 5.19. The molecule has 0 amide bonds. The Morgan fingerprint density at radius 2 is 1.57 bits per heavy atom. The fourth-order valence-corrected chi connectivity index (χ4v) is 4.90. The van der Waals surface area contributed by atoms with Crippen molar-refractivity contribution in [1.82, 2.24) is 0 Å². The van der Waals surface area contributed by atoms with Gasteiger partial charge in [0.05, 0.1) is 6.07 Å². The Labute approximate surface area is 167 Å². The smallest absolute Gasteiger partial charge is 0.159 e. The van der Waals surface area contributed by atoms with Crippen molar-refractivity contribution >= 4 is 0 Å². The van der Waals surface area contributed by atoms with Crippen LogP contribution in [0.3, 0.4) is 0 Å². The lowest BCUT2D eigenvalue weighted by molar-refractivity contribution is 0.289. The van der Waals surface area contributed by atoms with E-state index in [1.165, 1.54) is 49.5 Å². The van der Waals surface area contributed by atoms with Gasteiger partial charge >= 0.3 is 0 Å². The molecule has 0 saturated heterocycles. The summed E-state index contributed by atoms with van der Waals surface area (Å²) in [7, 11) is 0. The summed E-state index contributed by atoms with van der Waals surface area (Å²) in [5, 5.41) is 8.51. The minimum Gasteiger partial charge on any atom is -0.204 e. The SMILES string of the molecule is C=C(C1CCC(/C=C/C=C/C#N)CC1)C1CCC(c2ccc(F)c(F)c2)CC1. The predicted molar refractivity (Wildman–Crippen MR) is 110 cm³/mol. The van der Waals surface area contributed by atoms with Crippen molar-refractivity contribution in [3.63, 3.8) is 0 Å². The van der Waals surface area contributed by atoms with Crippen molar-refractivity contribution in [2.75, 3.05) is 0 Å². The Bertz CT molecular complexity index is 770. The molecule has 0 radical (unpaired) electrons. The second-order valence-electron chi connectivity index (χ2n) is 8.28. The quantitative estimate of drug-likeness (QED) is 0.300. The molecule has 0 unspecified atom stereocenters. The zero-order chi connectivity index (χ0) is 19.9. The Morgan fingerprint density at radius 1 is 0.929 bits per heavy atom. The molecule has 1 aromatic rings. The summed E-state index contributed by atoms with van der Waals surface area (Å²) in [4.78, 5) is 0. The van der Waals surface area contributed by atoms with Crippen molar-refractivity contribution in [2.24, 2.45) is 17.8 Å². The van der Waals surface area contributed by atoms with E-state index in [4.69, 9.17) is 5.26 Å². The highest BCUT2D eigenvalue weighted by atomic mass is 19.2. The van der Waals surface area contributed by atoms with Crippen LogP contribution in [0.4, 0.5) is 8.78 Å². The second-order valence-corrected chi connectivity index (χ2v) is 8.28. The van der Waals surface area contributed by atoms with Gasteiger partial charge in [0, 0.05) is 6.08 Å². The van der Waals surface area contributed by atoms with E-state index in [-0.39, 0.29) is 0 Å². The van der Waals surface area contributed by atoms with E-state index in [1.807, 2.05) is 12.1 Å². The zero-order valence-electron chi connectivity index (χ0n) is 16.4. The van der Waals surface area contributed by atoms with Gasteiger partial charge in [-0.05, 0) is 92.7 Å². The molecule has 0 heterocycles. The Kier molecular flexibility index (Phi) is 7.20. The highest BCUT2D eigenvalue weighted by Crippen LogP contribution is 2.43. The predicted octanol–water partition coefficient (Wildman–Crippen LogP) is 7.24. The number of hydrogen-bond donors (Lipinski definition) is 0. The fraction of sp³-hybridized carbons (Fsp3) is 0.480. The van der Waals surface area contributed by atoms with E-state index in [0.29, 0.717) is 23.7 Å². The van der Waals surface area contributed by atoms with Crippen LogP contribution >= 0.6 is 0 Å². The van der Waals surface area contributed by atoms with E-state index in [1.54, 1.807) is 12.1 Å². The molecule has 2 aliphatic carbocycles. The molecule has 1 nitrogen and oxygen atoms in total. The van der Waals surface area contributed by atoms with Gasteiger partial charge in [-0.2, -0.15) is 5.26 Å². The molecule has 0 bridgehead atoms. The Balaban J connectivity index is 1.47. The highest BCUT2D eigenvalue weighted by Gasteiger charge is 2.29. The number of nitrogens with zero attached hydrogens (tertiary/aromatic N) is 1. The summed E-state index contributed by atoms with van der Waals surface area (Å²) >= 11 is 0. The molecule has 0 N–H and O–H groups in total. The van der Waals surface area contributed by atoms with Gasteiger partial charge in [-0.1, -0.05) is 36.4 Å². The fourth-order valence-electron chi connectivity index (χ4n) is 4.90. The van der Waals surface area contributed by atoms with E-state index in [2.05, 4.69) is 12.7 Å². The van der Waals surface area contributed by atoms with Crippen LogP contribution in [-0.2, 0) is 0 Å². The van der Waals surface area contributed by atoms with Gasteiger partial charge < -0.3 is 0 Å². The van der Waals surface area contributed by atoms with Crippen LogP contribution in [0.15, 0.2) is 54.7 Å². The molecule has 28 heavy (non-hydrogen) atoms. The first-order valence-electron chi connectivity index (χ1n) is 10.4. The minimum absolute atomic E-state index is 0.335. The standard InChI is InChI=1S/C25H29F2N/c1-18(20-8-6-19(7-9-20)5-3-2-4-16-28)21-10-12-22(13-11-21)23-14-15-24(26)25(27)17-23/h2-5,14-15,17,19-22H,1,6-13H2/b4-2+,5-3+. The van der Waals surface area contributed by atoms with Gasteiger partial charge in [0.1, 0.15) is 0 Å². The van der Waals surface area contributed by atoms with Gasteiger partial charge in [0.15, 0.2) is 11.6 Å². The maximum atomic E-state index is 13.5. The third-order valence-corrected chi connectivity index (χ3v) is 6.63. The molecule has 2 fully saturated rings. The monoisotopic (exact) mass is 381 g/mol. The maximum Gasteiger partial charge on any atom is 0.159 e. The van der Waals surface area contributed by atoms with E-state index < -0.39 is 11.6 Å². The average molecular weight is 382 g/mol. The summed E-state index contributed by atoms with van der Waals surface area (Å²) in [5.74, 6) is 0.620. The summed E-state index contributed by atoms with van der Waals surface area (Å²) in [6.45, 7) is 4.46.